The normalized spacial score (nSPS) is 10.7. The van der Waals surface area contributed by atoms with Gasteiger partial charge in [0.15, 0.2) is 5.75 Å². The van der Waals surface area contributed by atoms with Crippen LogP contribution in [0.2, 0.25) is 0 Å². The van der Waals surface area contributed by atoms with E-state index in [9.17, 15) is 0 Å². The number of hydrogen-bond acceptors (Lipinski definition) is 3. The summed E-state index contributed by atoms with van der Waals surface area (Å²) in [5.74, 6) is 1.60. The Kier molecular flexibility index (Phi) is 4.85. The highest BCUT2D eigenvalue weighted by molar-refractivity contribution is 9.10. The van der Waals surface area contributed by atoms with E-state index < -0.39 is 0 Å². The van der Waals surface area contributed by atoms with Crippen molar-refractivity contribution in [3.63, 3.8) is 0 Å². The van der Waals surface area contributed by atoms with E-state index in [1.165, 1.54) is 0 Å². The van der Waals surface area contributed by atoms with Crippen molar-refractivity contribution in [1.29, 1.82) is 0 Å². The van der Waals surface area contributed by atoms with Gasteiger partial charge in [-0.1, -0.05) is 22.0 Å². The van der Waals surface area contributed by atoms with E-state index in [2.05, 4.69) is 34.9 Å². The molecule has 0 atom stereocenters. The molecule has 0 spiro atoms. The standard InChI is InChI=1S/C14H17BrN2O2/c1-11(2)17-10-14(9-16-17)19-7-6-18-13-5-3-4-12(15)8-13/h3-5,8-11H,6-7H2,1-2H3. The molecule has 0 amide bonds. The lowest BCUT2D eigenvalue weighted by Gasteiger charge is -2.07. The number of aromatic nitrogens is 2. The van der Waals surface area contributed by atoms with Gasteiger partial charge in [0, 0.05) is 10.5 Å². The lowest BCUT2D eigenvalue weighted by molar-refractivity contribution is 0.217. The fraction of sp³-hybridized carbons (Fsp3) is 0.357. The monoisotopic (exact) mass is 324 g/mol. The first-order valence-electron chi connectivity index (χ1n) is 6.20. The van der Waals surface area contributed by atoms with Crippen molar-refractivity contribution in [2.75, 3.05) is 13.2 Å². The number of ether oxygens (including phenoxy) is 2. The maximum absolute atomic E-state index is 5.58. The van der Waals surface area contributed by atoms with E-state index in [1.807, 2.05) is 35.1 Å². The van der Waals surface area contributed by atoms with Crippen molar-refractivity contribution in [1.82, 2.24) is 9.78 Å². The van der Waals surface area contributed by atoms with E-state index >= 15 is 0 Å². The van der Waals surface area contributed by atoms with Crippen molar-refractivity contribution in [2.24, 2.45) is 0 Å². The zero-order valence-corrected chi connectivity index (χ0v) is 12.6. The molecule has 5 heteroatoms. The van der Waals surface area contributed by atoms with Crippen LogP contribution >= 0.6 is 15.9 Å². The highest BCUT2D eigenvalue weighted by atomic mass is 79.9. The average molecular weight is 325 g/mol. The highest BCUT2D eigenvalue weighted by Crippen LogP contribution is 2.17. The molecule has 19 heavy (non-hydrogen) atoms. The zero-order chi connectivity index (χ0) is 13.7. The summed E-state index contributed by atoms with van der Waals surface area (Å²) in [4.78, 5) is 0. The van der Waals surface area contributed by atoms with E-state index in [1.54, 1.807) is 6.20 Å². The minimum Gasteiger partial charge on any atom is -0.490 e. The maximum atomic E-state index is 5.58. The fourth-order valence-electron chi connectivity index (χ4n) is 1.55. The van der Waals surface area contributed by atoms with Gasteiger partial charge in [0.05, 0.1) is 12.4 Å². The predicted molar refractivity (Wildman–Crippen MR) is 77.7 cm³/mol. The summed E-state index contributed by atoms with van der Waals surface area (Å²) in [6.07, 6.45) is 3.61. The van der Waals surface area contributed by atoms with Gasteiger partial charge in [-0.05, 0) is 32.0 Å². The molecule has 0 fully saturated rings. The molecule has 0 bridgehead atoms. The molecule has 0 unspecified atom stereocenters. The first kappa shape index (κ1) is 13.9. The number of hydrogen-bond donors (Lipinski definition) is 0. The third-order valence-electron chi connectivity index (χ3n) is 2.52. The van der Waals surface area contributed by atoms with Crippen LogP contribution in [-0.4, -0.2) is 23.0 Å². The van der Waals surface area contributed by atoms with Gasteiger partial charge in [-0.25, -0.2) is 0 Å². The van der Waals surface area contributed by atoms with Crippen molar-refractivity contribution in [2.45, 2.75) is 19.9 Å². The van der Waals surface area contributed by atoms with Crippen LogP contribution in [0.4, 0.5) is 0 Å². The summed E-state index contributed by atoms with van der Waals surface area (Å²) >= 11 is 3.40. The second-order valence-corrected chi connectivity index (χ2v) is 5.32. The summed E-state index contributed by atoms with van der Waals surface area (Å²) in [5, 5.41) is 4.21. The zero-order valence-electron chi connectivity index (χ0n) is 11.0. The third-order valence-corrected chi connectivity index (χ3v) is 3.02. The van der Waals surface area contributed by atoms with Crippen LogP contribution in [0.15, 0.2) is 41.1 Å². The SMILES string of the molecule is CC(C)n1cc(OCCOc2cccc(Br)c2)cn1. The Balaban J connectivity index is 1.74. The molecule has 2 rings (SSSR count). The molecule has 0 saturated carbocycles. The molecule has 0 saturated heterocycles. The highest BCUT2D eigenvalue weighted by Gasteiger charge is 2.02. The molecule has 0 aliphatic rings. The minimum atomic E-state index is 0.343. The summed E-state index contributed by atoms with van der Waals surface area (Å²) < 4.78 is 14.0. The largest absolute Gasteiger partial charge is 0.490 e. The third kappa shape index (κ3) is 4.28. The summed E-state index contributed by atoms with van der Waals surface area (Å²) in [7, 11) is 0. The molecule has 1 heterocycles. The van der Waals surface area contributed by atoms with Gasteiger partial charge in [-0.2, -0.15) is 5.10 Å². The van der Waals surface area contributed by atoms with Crippen LogP contribution in [0.1, 0.15) is 19.9 Å². The molecule has 0 N–H and O–H groups in total. The van der Waals surface area contributed by atoms with E-state index in [0.29, 0.717) is 19.3 Å². The van der Waals surface area contributed by atoms with Gasteiger partial charge < -0.3 is 9.47 Å². The first-order valence-corrected chi connectivity index (χ1v) is 7.00. The molecular weight excluding hydrogens is 308 g/mol. The van der Waals surface area contributed by atoms with Crippen LogP contribution in [0, 0.1) is 0 Å². The van der Waals surface area contributed by atoms with Gasteiger partial charge >= 0.3 is 0 Å². The van der Waals surface area contributed by atoms with Crippen LogP contribution in [0.25, 0.3) is 0 Å². The van der Waals surface area contributed by atoms with Crippen molar-refractivity contribution in [3.8, 4) is 11.5 Å². The number of benzene rings is 1. The Morgan fingerprint density at radius 2 is 1.95 bits per heavy atom. The topological polar surface area (TPSA) is 36.3 Å². The molecule has 102 valence electrons. The van der Waals surface area contributed by atoms with Crippen molar-refractivity contribution < 1.29 is 9.47 Å². The second kappa shape index (κ2) is 6.61. The van der Waals surface area contributed by atoms with E-state index in [0.717, 1.165) is 16.0 Å². The second-order valence-electron chi connectivity index (χ2n) is 4.40. The maximum Gasteiger partial charge on any atom is 0.157 e. The van der Waals surface area contributed by atoms with Gasteiger partial charge in [-0.3, -0.25) is 4.68 Å². The van der Waals surface area contributed by atoms with Crippen molar-refractivity contribution >= 4 is 15.9 Å². The molecule has 0 aliphatic carbocycles. The first-order chi connectivity index (χ1) is 9.15. The van der Waals surface area contributed by atoms with Gasteiger partial charge in [0.1, 0.15) is 19.0 Å². The molecule has 1 aromatic heterocycles. The van der Waals surface area contributed by atoms with Crippen LogP contribution in [-0.2, 0) is 0 Å². The molecular formula is C14H17BrN2O2. The Labute approximate surface area is 121 Å². The molecule has 1 aromatic carbocycles. The number of rotatable bonds is 6. The lowest BCUT2D eigenvalue weighted by atomic mass is 10.3. The quantitative estimate of drug-likeness (QED) is 0.760. The minimum absolute atomic E-state index is 0.343. The van der Waals surface area contributed by atoms with Crippen LogP contribution in [0.3, 0.4) is 0 Å². The summed E-state index contributed by atoms with van der Waals surface area (Å²) in [6.45, 7) is 5.15. The van der Waals surface area contributed by atoms with Crippen LogP contribution < -0.4 is 9.47 Å². The molecule has 4 nitrogen and oxygen atoms in total. The summed E-state index contributed by atoms with van der Waals surface area (Å²) in [5.41, 5.74) is 0. The van der Waals surface area contributed by atoms with Gasteiger partial charge in [0.2, 0.25) is 0 Å². The molecule has 2 aromatic rings. The van der Waals surface area contributed by atoms with E-state index in [-0.39, 0.29) is 0 Å². The van der Waals surface area contributed by atoms with Gasteiger partial charge in [0.25, 0.3) is 0 Å². The smallest absolute Gasteiger partial charge is 0.157 e. The Morgan fingerprint density at radius 1 is 1.21 bits per heavy atom. The number of halogens is 1. The Morgan fingerprint density at radius 3 is 2.58 bits per heavy atom. The fourth-order valence-corrected chi connectivity index (χ4v) is 1.93. The van der Waals surface area contributed by atoms with E-state index in [4.69, 9.17) is 9.47 Å². The molecule has 0 aliphatic heterocycles. The van der Waals surface area contributed by atoms with Crippen LogP contribution in [0.5, 0.6) is 11.5 Å². The van der Waals surface area contributed by atoms with Gasteiger partial charge in [-0.15, -0.1) is 0 Å². The Hall–Kier alpha value is -1.49. The van der Waals surface area contributed by atoms with Crippen molar-refractivity contribution in [3.05, 3.63) is 41.1 Å². The Bertz CT molecular complexity index is 526. The molecule has 0 radical (unpaired) electrons. The average Bonchev–Trinajstić information content (AvgIpc) is 2.84. The predicted octanol–water partition coefficient (Wildman–Crippen LogP) is 3.68. The lowest BCUT2D eigenvalue weighted by Crippen LogP contribution is -2.08. The summed E-state index contributed by atoms with van der Waals surface area (Å²) in [6, 6.07) is 8.09. The number of nitrogens with zero attached hydrogens (tertiary/aromatic N) is 2.